The van der Waals surface area contributed by atoms with E-state index < -0.39 is 0 Å². The summed E-state index contributed by atoms with van der Waals surface area (Å²) in [6.45, 7) is 4.89. The van der Waals surface area contributed by atoms with Crippen LogP contribution in [0.4, 0.5) is 0 Å². The fourth-order valence-electron chi connectivity index (χ4n) is 3.67. The highest BCUT2D eigenvalue weighted by Gasteiger charge is 2.14. The standard InChI is InChI=1S/C26H23N3O/c1-18-8-10-21(11-9-18)17-29-19(2)14-24(28-29)26-27-23-16-22(12-13-25(23)30-26)15-20-6-4-3-5-7-20/h3-14,16H,15,17H2,1-2H3. The Hall–Kier alpha value is -3.66. The molecule has 30 heavy (non-hydrogen) atoms. The van der Waals surface area contributed by atoms with Crippen molar-refractivity contribution in [1.82, 2.24) is 14.8 Å². The second-order valence-corrected chi connectivity index (χ2v) is 7.80. The van der Waals surface area contributed by atoms with E-state index in [9.17, 15) is 0 Å². The van der Waals surface area contributed by atoms with Crippen LogP contribution in [0, 0.1) is 13.8 Å². The van der Waals surface area contributed by atoms with Crippen molar-refractivity contribution in [3.05, 3.63) is 107 Å². The molecule has 5 rings (SSSR count). The van der Waals surface area contributed by atoms with Gasteiger partial charge in [-0.15, -0.1) is 0 Å². The zero-order chi connectivity index (χ0) is 20.5. The number of benzene rings is 3. The average molecular weight is 393 g/mol. The van der Waals surface area contributed by atoms with Gasteiger partial charge in [0.25, 0.3) is 0 Å². The maximum absolute atomic E-state index is 6.01. The number of rotatable bonds is 5. The molecule has 3 aromatic carbocycles. The number of hydrogen-bond acceptors (Lipinski definition) is 3. The highest BCUT2D eigenvalue weighted by atomic mass is 16.3. The lowest BCUT2D eigenvalue weighted by atomic mass is 10.0. The number of aromatic nitrogens is 3. The van der Waals surface area contributed by atoms with Gasteiger partial charge in [-0.2, -0.15) is 5.10 Å². The van der Waals surface area contributed by atoms with Gasteiger partial charge >= 0.3 is 0 Å². The molecule has 2 heterocycles. The molecule has 0 bridgehead atoms. The van der Waals surface area contributed by atoms with Gasteiger partial charge in [-0.05, 0) is 55.2 Å². The quantitative estimate of drug-likeness (QED) is 0.371. The molecule has 0 N–H and O–H groups in total. The number of fused-ring (bicyclic) bond motifs is 1. The molecule has 0 aliphatic carbocycles. The van der Waals surface area contributed by atoms with E-state index in [1.165, 1.54) is 22.3 Å². The first-order valence-electron chi connectivity index (χ1n) is 10.2. The number of aryl methyl sites for hydroxylation is 2. The minimum atomic E-state index is 0.563. The SMILES string of the molecule is Cc1ccc(Cn2nc(-c3nc4cc(Cc5ccccc5)ccc4o3)cc2C)cc1. The molecule has 148 valence electrons. The van der Waals surface area contributed by atoms with E-state index in [2.05, 4.69) is 74.5 Å². The summed E-state index contributed by atoms with van der Waals surface area (Å²) in [6.07, 6.45) is 0.878. The first-order valence-corrected chi connectivity index (χ1v) is 10.2. The van der Waals surface area contributed by atoms with Gasteiger partial charge in [0, 0.05) is 5.69 Å². The summed E-state index contributed by atoms with van der Waals surface area (Å²) in [5, 5.41) is 4.74. The Morgan fingerprint density at radius 2 is 1.57 bits per heavy atom. The molecule has 0 saturated carbocycles. The van der Waals surface area contributed by atoms with Crippen molar-refractivity contribution in [2.75, 3.05) is 0 Å². The molecule has 0 fully saturated rings. The minimum Gasteiger partial charge on any atom is -0.435 e. The summed E-state index contributed by atoms with van der Waals surface area (Å²) in [4.78, 5) is 4.72. The molecule has 0 aliphatic rings. The summed E-state index contributed by atoms with van der Waals surface area (Å²) in [6, 6.07) is 27.2. The van der Waals surface area contributed by atoms with Crippen molar-refractivity contribution < 1.29 is 4.42 Å². The van der Waals surface area contributed by atoms with Crippen molar-refractivity contribution in [2.45, 2.75) is 26.8 Å². The van der Waals surface area contributed by atoms with Crippen molar-refractivity contribution >= 4 is 11.1 Å². The Bertz CT molecular complexity index is 1300. The summed E-state index contributed by atoms with van der Waals surface area (Å²) in [7, 11) is 0. The first kappa shape index (κ1) is 18.4. The van der Waals surface area contributed by atoms with Crippen LogP contribution in [0.2, 0.25) is 0 Å². The lowest BCUT2D eigenvalue weighted by Crippen LogP contribution is -2.03. The molecule has 0 unspecified atom stereocenters. The predicted molar refractivity (Wildman–Crippen MR) is 119 cm³/mol. The van der Waals surface area contributed by atoms with Crippen molar-refractivity contribution in [3.63, 3.8) is 0 Å². The van der Waals surface area contributed by atoms with E-state index in [4.69, 9.17) is 14.5 Å². The molecule has 0 aliphatic heterocycles. The normalized spacial score (nSPS) is 11.3. The Kier molecular flexibility index (Phi) is 4.68. The van der Waals surface area contributed by atoms with Crippen LogP contribution < -0.4 is 0 Å². The monoisotopic (exact) mass is 393 g/mol. The van der Waals surface area contributed by atoms with E-state index in [0.29, 0.717) is 5.89 Å². The number of oxazole rings is 1. The molecule has 0 saturated heterocycles. The lowest BCUT2D eigenvalue weighted by Gasteiger charge is -2.04. The minimum absolute atomic E-state index is 0.563. The highest BCUT2D eigenvalue weighted by molar-refractivity contribution is 5.76. The molecule has 0 atom stereocenters. The predicted octanol–water partition coefficient (Wildman–Crippen LogP) is 5.95. The first-order chi connectivity index (χ1) is 14.6. The van der Waals surface area contributed by atoms with Gasteiger partial charge in [-0.3, -0.25) is 4.68 Å². The van der Waals surface area contributed by atoms with Crippen LogP contribution in [-0.2, 0) is 13.0 Å². The number of hydrogen-bond donors (Lipinski definition) is 0. The van der Waals surface area contributed by atoms with Crippen LogP contribution in [0.1, 0.15) is 27.9 Å². The van der Waals surface area contributed by atoms with E-state index in [1.807, 2.05) is 22.9 Å². The largest absolute Gasteiger partial charge is 0.435 e. The highest BCUT2D eigenvalue weighted by Crippen LogP contribution is 2.25. The summed E-state index contributed by atoms with van der Waals surface area (Å²) in [5.74, 6) is 0.563. The molecule has 5 aromatic rings. The maximum Gasteiger partial charge on any atom is 0.248 e. The van der Waals surface area contributed by atoms with Crippen molar-refractivity contribution in [2.24, 2.45) is 0 Å². The fourth-order valence-corrected chi connectivity index (χ4v) is 3.67. The summed E-state index contributed by atoms with van der Waals surface area (Å²) < 4.78 is 8.00. The topological polar surface area (TPSA) is 43.9 Å². The van der Waals surface area contributed by atoms with E-state index >= 15 is 0 Å². The van der Waals surface area contributed by atoms with Crippen molar-refractivity contribution in [1.29, 1.82) is 0 Å². The third-order valence-electron chi connectivity index (χ3n) is 5.36. The molecular weight excluding hydrogens is 370 g/mol. The van der Waals surface area contributed by atoms with Gasteiger partial charge in [-0.25, -0.2) is 4.98 Å². The molecule has 0 amide bonds. The van der Waals surface area contributed by atoms with Gasteiger partial charge in [0.05, 0.1) is 6.54 Å². The fraction of sp³-hybridized carbons (Fsp3) is 0.154. The molecule has 4 nitrogen and oxygen atoms in total. The lowest BCUT2D eigenvalue weighted by molar-refractivity contribution is 0.608. The molecule has 0 radical (unpaired) electrons. The Morgan fingerprint density at radius 1 is 0.800 bits per heavy atom. The van der Waals surface area contributed by atoms with Crippen LogP contribution in [0.5, 0.6) is 0 Å². The van der Waals surface area contributed by atoms with Crippen LogP contribution in [0.3, 0.4) is 0 Å². The van der Waals surface area contributed by atoms with Gasteiger partial charge in [0.2, 0.25) is 5.89 Å². The van der Waals surface area contributed by atoms with Crippen molar-refractivity contribution in [3.8, 4) is 11.6 Å². The Morgan fingerprint density at radius 3 is 2.37 bits per heavy atom. The molecule has 0 spiro atoms. The zero-order valence-corrected chi connectivity index (χ0v) is 17.2. The van der Waals surface area contributed by atoms with Crippen LogP contribution >= 0.6 is 0 Å². The van der Waals surface area contributed by atoms with Gasteiger partial charge in [-0.1, -0.05) is 66.2 Å². The zero-order valence-electron chi connectivity index (χ0n) is 17.2. The summed E-state index contributed by atoms with van der Waals surface area (Å²) >= 11 is 0. The average Bonchev–Trinajstić information content (AvgIpc) is 3.34. The second-order valence-electron chi connectivity index (χ2n) is 7.80. The molecule has 4 heteroatoms. The molecule has 2 aromatic heterocycles. The third-order valence-corrected chi connectivity index (χ3v) is 5.36. The van der Waals surface area contributed by atoms with Crippen LogP contribution in [-0.4, -0.2) is 14.8 Å². The van der Waals surface area contributed by atoms with E-state index in [1.54, 1.807) is 0 Å². The van der Waals surface area contributed by atoms with Gasteiger partial charge < -0.3 is 4.42 Å². The third kappa shape index (κ3) is 3.77. The van der Waals surface area contributed by atoms with Crippen LogP contribution in [0.25, 0.3) is 22.7 Å². The molecular formula is C26H23N3O. The number of nitrogens with zero attached hydrogens (tertiary/aromatic N) is 3. The van der Waals surface area contributed by atoms with E-state index in [0.717, 1.165) is 35.5 Å². The van der Waals surface area contributed by atoms with E-state index in [-0.39, 0.29) is 0 Å². The van der Waals surface area contributed by atoms with Gasteiger partial charge in [0.1, 0.15) is 11.2 Å². The summed E-state index contributed by atoms with van der Waals surface area (Å²) in [5.41, 5.74) is 8.48. The Balaban J connectivity index is 1.41. The van der Waals surface area contributed by atoms with Crippen LogP contribution in [0.15, 0.2) is 83.3 Å². The Labute approximate surface area is 175 Å². The smallest absolute Gasteiger partial charge is 0.248 e. The van der Waals surface area contributed by atoms with Gasteiger partial charge in [0.15, 0.2) is 5.58 Å². The maximum atomic E-state index is 6.01. The second kappa shape index (κ2) is 7.64.